The van der Waals surface area contributed by atoms with Crippen molar-refractivity contribution < 1.29 is 17.5 Å². The van der Waals surface area contributed by atoms with Crippen LogP contribution in [0.3, 0.4) is 0 Å². The van der Waals surface area contributed by atoms with Gasteiger partial charge in [0.15, 0.2) is 0 Å². The van der Waals surface area contributed by atoms with Gasteiger partial charge in [0, 0.05) is 26.8 Å². The van der Waals surface area contributed by atoms with Gasteiger partial charge in [-0.25, -0.2) is 17.8 Å². The first-order valence-electron chi connectivity index (χ1n) is 10.1. The summed E-state index contributed by atoms with van der Waals surface area (Å²) in [4.78, 5) is 17.6. The van der Waals surface area contributed by atoms with Crippen molar-refractivity contribution in [1.29, 1.82) is 0 Å². The molecule has 1 unspecified atom stereocenters. The Kier molecular flexibility index (Phi) is 7.19. The molecule has 0 fully saturated rings. The number of rotatable bonds is 9. The lowest BCUT2D eigenvalue weighted by Crippen LogP contribution is -2.38. The SMILES string of the molecule is CCn1c(C(C)N(CCCOC)S(=O)(=O)c2ccc(F)cc2)nc2ccccc2c1=O. The maximum absolute atomic E-state index is 13.4. The Bertz CT molecular complexity index is 1210. The van der Waals surface area contributed by atoms with Crippen molar-refractivity contribution in [2.24, 2.45) is 0 Å². The van der Waals surface area contributed by atoms with Crippen LogP contribution < -0.4 is 5.56 Å². The van der Waals surface area contributed by atoms with Gasteiger partial charge >= 0.3 is 0 Å². The van der Waals surface area contributed by atoms with Crippen LogP contribution >= 0.6 is 0 Å². The number of ether oxygens (including phenoxy) is 1. The molecule has 0 saturated heterocycles. The third-order valence-electron chi connectivity index (χ3n) is 5.16. The van der Waals surface area contributed by atoms with Crippen LogP contribution in [-0.2, 0) is 21.3 Å². The molecule has 0 aliphatic rings. The number of nitrogens with zero attached hydrogens (tertiary/aromatic N) is 3. The van der Waals surface area contributed by atoms with Gasteiger partial charge in [0.25, 0.3) is 5.56 Å². The summed E-state index contributed by atoms with van der Waals surface area (Å²) in [5, 5.41) is 0.479. The molecule has 3 aromatic rings. The highest BCUT2D eigenvalue weighted by Gasteiger charge is 2.32. The normalized spacial score (nSPS) is 13.1. The number of methoxy groups -OCH3 is 1. The van der Waals surface area contributed by atoms with Crippen LogP contribution in [0.25, 0.3) is 10.9 Å². The molecule has 1 aromatic heterocycles. The van der Waals surface area contributed by atoms with Crippen molar-refractivity contribution in [2.75, 3.05) is 20.3 Å². The second kappa shape index (κ2) is 9.67. The molecule has 1 atom stereocenters. The van der Waals surface area contributed by atoms with Crippen molar-refractivity contribution in [3.05, 3.63) is 70.5 Å². The quantitative estimate of drug-likeness (QED) is 0.470. The molecule has 0 N–H and O–H groups in total. The number of fused-ring (bicyclic) bond motifs is 1. The molecule has 0 amide bonds. The molecule has 3 rings (SSSR count). The summed E-state index contributed by atoms with van der Waals surface area (Å²) >= 11 is 0. The third kappa shape index (κ3) is 4.68. The molecular weight excluding hydrogens is 421 g/mol. The topological polar surface area (TPSA) is 81.5 Å². The molecule has 1 heterocycles. The first kappa shape index (κ1) is 23.1. The number of hydrogen-bond donors (Lipinski definition) is 0. The maximum atomic E-state index is 13.4. The number of sulfonamides is 1. The fraction of sp³-hybridized carbons (Fsp3) is 0.364. The van der Waals surface area contributed by atoms with Crippen molar-refractivity contribution in [1.82, 2.24) is 13.9 Å². The van der Waals surface area contributed by atoms with Gasteiger partial charge in [0.1, 0.15) is 11.6 Å². The van der Waals surface area contributed by atoms with Crippen LogP contribution in [-0.4, -0.2) is 42.5 Å². The van der Waals surface area contributed by atoms with Crippen LogP contribution in [0.2, 0.25) is 0 Å². The summed E-state index contributed by atoms with van der Waals surface area (Å²) < 4.78 is 48.1. The third-order valence-corrected chi connectivity index (χ3v) is 7.14. The monoisotopic (exact) mass is 447 g/mol. The van der Waals surface area contributed by atoms with Crippen LogP contribution in [0.4, 0.5) is 4.39 Å². The molecule has 0 spiro atoms. The van der Waals surface area contributed by atoms with E-state index in [9.17, 15) is 17.6 Å². The Morgan fingerprint density at radius 3 is 2.48 bits per heavy atom. The molecule has 0 bridgehead atoms. The van der Waals surface area contributed by atoms with Gasteiger partial charge < -0.3 is 4.74 Å². The zero-order valence-corrected chi connectivity index (χ0v) is 18.6. The summed E-state index contributed by atoms with van der Waals surface area (Å²) in [7, 11) is -2.44. The molecule has 0 aliphatic carbocycles. The van der Waals surface area contributed by atoms with Crippen molar-refractivity contribution in [2.45, 2.75) is 37.8 Å². The number of para-hydroxylation sites is 1. The fourth-order valence-corrected chi connectivity index (χ4v) is 5.20. The van der Waals surface area contributed by atoms with E-state index in [0.29, 0.717) is 36.3 Å². The number of halogens is 1. The largest absolute Gasteiger partial charge is 0.385 e. The fourth-order valence-electron chi connectivity index (χ4n) is 3.57. The van der Waals surface area contributed by atoms with Gasteiger partial charge in [0.05, 0.1) is 21.8 Å². The Hall–Kier alpha value is -2.62. The minimum atomic E-state index is -3.98. The minimum absolute atomic E-state index is 0.0237. The van der Waals surface area contributed by atoms with E-state index >= 15 is 0 Å². The zero-order valence-electron chi connectivity index (χ0n) is 17.8. The summed E-state index contributed by atoms with van der Waals surface area (Å²) in [6.45, 7) is 4.39. The van der Waals surface area contributed by atoms with E-state index in [1.165, 1.54) is 21.0 Å². The van der Waals surface area contributed by atoms with Gasteiger partial charge in [-0.3, -0.25) is 9.36 Å². The van der Waals surface area contributed by atoms with E-state index < -0.39 is 21.9 Å². The molecule has 166 valence electrons. The first-order chi connectivity index (χ1) is 14.8. The smallest absolute Gasteiger partial charge is 0.261 e. The Morgan fingerprint density at radius 2 is 1.84 bits per heavy atom. The van der Waals surface area contributed by atoms with E-state index in [-0.39, 0.29) is 17.0 Å². The van der Waals surface area contributed by atoms with Gasteiger partial charge in [-0.15, -0.1) is 0 Å². The molecule has 31 heavy (non-hydrogen) atoms. The first-order valence-corrected chi connectivity index (χ1v) is 11.5. The van der Waals surface area contributed by atoms with Crippen LogP contribution in [0.5, 0.6) is 0 Å². The Labute approximate surface area is 181 Å². The highest BCUT2D eigenvalue weighted by molar-refractivity contribution is 7.89. The van der Waals surface area contributed by atoms with Crippen molar-refractivity contribution in [3.63, 3.8) is 0 Å². The summed E-state index contributed by atoms with van der Waals surface area (Å²) in [5.41, 5.74) is 0.293. The zero-order chi connectivity index (χ0) is 22.6. The van der Waals surface area contributed by atoms with E-state index in [2.05, 4.69) is 4.98 Å². The van der Waals surface area contributed by atoms with Gasteiger partial charge in [-0.1, -0.05) is 12.1 Å². The lowest BCUT2D eigenvalue weighted by atomic mass is 10.2. The van der Waals surface area contributed by atoms with E-state index in [4.69, 9.17) is 4.74 Å². The van der Waals surface area contributed by atoms with E-state index in [0.717, 1.165) is 12.1 Å². The van der Waals surface area contributed by atoms with Crippen LogP contribution in [0.15, 0.2) is 58.2 Å². The highest BCUT2D eigenvalue weighted by Crippen LogP contribution is 2.27. The molecule has 9 heteroatoms. The lowest BCUT2D eigenvalue weighted by Gasteiger charge is -2.29. The number of benzene rings is 2. The summed E-state index contributed by atoms with van der Waals surface area (Å²) in [6, 6.07) is 11.0. The van der Waals surface area contributed by atoms with E-state index in [1.54, 1.807) is 38.3 Å². The van der Waals surface area contributed by atoms with Crippen LogP contribution in [0, 0.1) is 5.82 Å². The maximum Gasteiger partial charge on any atom is 0.261 e. The second-order valence-corrected chi connectivity index (χ2v) is 9.02. The predicted molar refractivity (Wildman–Crippen MR) is 117 cm³/mol. The van der Waals surface area contributed by atoms with Crippen molar-refractivity contribution in [3.8, 4) is 0 Å². The van der Waals surface area contributed by atoms with Crippen LogP contribution in [0.1, 0.15) is 32.1 Å². The predicted octanol–water partition coefficient (Wildman–Crippen LogP) is 3.34. The molecule has 0 saturated carbocycles. The Morgan fingerprint density at radius 1 is 1.16 bits per heavy atom. The highest BCUT2D eigenvalue weighted by atomic mass is 32.2. The molecule has 0 radical (unpaired) electrons. The molecule has 2 aromatic carbocycles. The number of hydrogen-bond acceptors (Lipinski definition) is 5. The van der Waals surface area contributed by atoms with Gasteiger partial charge in [-0.2, -0.15) is 4.31 Å². The molecular formula is C22H26FN3O4S. The molecule has 0 aliphatic heterocycles. The summed E-state index contributed by atoms with van der Waals surface area (Å²) in [6.07, 6.45) is 0.450. The van der Waals surface area contributed by atoms with Crippen molar-refractivity contribution >= 4 is 20.9 Å². The average Bonchev–Trinajstić information content (AvgIpc) is 2.76. The second-order valence-electron chi connectivity index (χ2n) is 7.13. The summed E-state index contributed by atoms with van der Waals surface area (Å²) in [5.74, 6) is -0.164. The average molecular weight is 448 g/mol. The van der Waals surface area contributed by atoms with Gasteiger partial charge in [0.2, 0.25) is 10.0 Å². The Balaban J connectivity index is 2.13. The standard InChI is InChI=1S/C22H26FN3O4S/c1-4-25-21(24-20-9-6-5-8-19(20)22(25)27)16(2)26(14-7-15-30-3)31(28,29)18-12-10-17(23)11-13-18/h5-6,8-13,16H,4,7,14-15H2,1-3H3. The van der Waals surface area contributed by atoms with Gasteiger partial charge in [-0.05, 0) is 56.7 Å². The number of aromatic nitrogens is 2. The van der Waals surface area contributed by atoms with E-state index in [1.807, 2.05) is 6.92 Å². The lowest BCUT2D eigenvalue weighted by molar-refractivity contribution is 0.181. The minimum Gasteiger partial charge on any atom is -0.385 e. The molecule has 7 nitrogen and oxygen atoms in total.